The number of amides is 2. The Labute approximate surface area is 89.6 Å². The van der Waals surface area contributed by atoms with Crippen LogP contribution in [-0.4, -0.2) is 37.6 Å². The smallest absolute Gasteiger partial charge is 0.249 e. The Morgan fingerprint density at radius 2 is 2.07 bits per heavy atom. The molecule has 1 saturated heterocycles. The molecule has 0 aromatic heterocycles. The fourth-order valence-electron chi connectivity index (χ4n) is 1.41. The van der Waals surface area contributed by atoms with Crippen molar-refractivity contribution in [2.75, 3.05) is 19.7 Å². The first-order valence-electron chi connectivity index (χ1n) is 5.40. The highest BCUT2D eigenvalue weighted by Crippen LogP contribution is 2.11. The first kappa shape index (κ1) is 12.0. The van der Waals surface area contributed by atoms with E-state index in [-0.39, 0.29) is 17.9 Å². The summed E-state index contributed by atoms with van der Waals surface area (Å²) in [5.74, 6) is -0.0698. The van der Waals surface area contributed by atoms with E-state index in [0.717, 1.165) is 12.8 Å². The molecule has 0 saturated carbocycles. The molecule has 1 aliphatic heterocycles. The molecule has 0 aliphatic carbocycles. The number of hydrogen-bond donors (Lipinski definition) is 2. The van der Waals surface area contributed by atoms with Gasteiger partial charge in [-0.15, -0.1) is 0 Å². The Morgan fingerprint density at radius 1 is 1.33 bits per heavy atom. The molecule has 1 unspecified atom stereocenters. The van der Waals surface area contributed by atoms with Gasteiger partial charge in [0.1, 0.15) is 6.10 Å². The lowest BCUT2D eigenvalue weighted by Gasteiger charge is -2.10. The summed E-state index contributed by atoms with van der Waals surface area (Å²) < 4.78 is 5.21. The predicted molar refractivity (Wildman–Crippen MR) is 55.3 cm³/mol. The van der Waals surface area contributed by atoms with Gasteiger partial charge in [-0.3, -0.25) is 9.59 Å². The maximum atomic E-state index is 11.4. The molecule has 1 heterocycles. The molecule has 5 heteroatoms. The molecule has 1 fully saturated rings. The Hall–Kier alpha value is -1.10. The second kappa shape index (κ2) is 6.40. The normalized spacial score (nSPS) is 19.9. The van der Waals surface area contributed by atoms with Crippen LogP contribution >= 0.6 is 0 Å². The fourth-order valence-corrected chi connectivity index (χ4v) is 1.41. The summed E-state index contributed by atoms with van der Waals surface area (Å²) in [6.45, 7) is 3.40. The molecule has 2 amide bonds. The van der Waals surface area contributed by atoms with Gasteiger partial charge in [0.25, 0.3) is 0 Å². The Kier molecular flexibility index (Phi) is 5.10. The maximum absolute atomic E-state index is 11.4. The molecule has 0 aromatic carbocycles. The molecule has 0 aromatic rings. The van der Waals surface area contributed by atoms with Crippen molar-refractivity contribution in [2.24, 2.45) is 0 Å². The van der Waals surface area contributed by atoms with Crippen LogP contribution in [0.15, 0.2) is 0 Å². The van der Waals surface area contributed by atoms with Gasteiger partial charge >= 0.3 is 0 Å². The van der Waals surface area contributed by atoms with Gasteiger partial charge in [-0.05, 0) is 12.8 Å². The van der Waals surface area contributed by atoms with Crippen LogP contribution in [0.25, 0.3) is 0 Å². The van der Waals surface area contributed by atoms with Gasteiger partial charge in [0, 0.05) is 26.1 Å². The van der Waals surface area contributed by atoms with Gasteiger partial charge in [0.15, 0.2) is 0 Å². The highest BCUT2D eigenvalue weighted by Gasteiger charge is 2.22. The lowest BCUT2D eigenvalue weighted by molar-refractivity contribution is -0.130. The quantitative estimate of drug-likeness (QED) is 0.623. The van der Waals surface area contributed by atoms with E-state index in [2.05, 4.69) is 10.6 Å². The minimum Gasteiger partial charge on any atom is -0.368 e. The van der Waals surface area contributed by atoms with Crippen molar-refractivity contribution in [1.82, 2.24) is 10.6 Å². The van der Waals surface area contributed by atoms with Crippen molar-refractivity contribution in [1.29, 1.82) is 0 Å². The number of ether oxygens (including phenoxy) is 1. The van der Waals surface area contributed by atoms with Gasteiger partial charge in [-0.25, -0.2) is 0 Å². The van der Waals surface area contributed by atoms with Gasteiger partial charge < -0.3 is 15.4 Å². The third-order valence-corrected chi connectivity index (χ3v) is 2.29. The van der Waals surface area contributed by atoms with E-state index in [0.29, 0.717) is 26.1 Å². The van der Waals surface area contributed by atoms with E-state index >= 15 is 0 Å². The monoisotopic (exact) mass is 214 g/mol. The van der Waals surface area contributed by atoms with Gasteiger partial charge in [-0.1, -0.05) is 6.92 Å². The van der Waals surface area contributed by atoms with E-state index in [9.17, 15) is 9.59 Å². The summed E-state index contributed by atoms with van der Waals surface area (Å²) in [5.41, 5.74) is 0. The molecule has 2 N–H and O–H groups in total. The second-order valence-corrected chi connectivity index (χ2v) is 3.50. The van der Waals surface area contributed by atoms with Crippen LogP contribution < -0.4 is 10.6 Å². The van der Waals surface area contributed by atoms with Crippen LogP contribution in [0, 0.1) is 0 Å². The van der Waals surface area contributed by atoms with Crippen LogP contribution in [0.3, 0.4) is 0 Å². The van der Waals surface area contributed by atoms with Crippen LogP contribution in [0.1, 0.15) is 26.2 Å². The van der Waals surface area contributed by atoms with Crippen molar-refractivity contribution in [3.8, 4) is 0 Å². The van der Waals surface area contributed by atoms with E-state index in [1.54, 1.807) is 6.92 Å². The third-order valence-electron chi connectivity index (χ3n) is 2.29. The molecular weight excluding hydrogens is 196 g/mol. The van der Waals surface area contributed by atoms with Crippen LogP contribution in [0.2, 0.25) is 0 Å². The topological polar surface area (TPSA) is 67.4 Å². The van der Waals surface area contributed by atoms with Crippen LogP contribution in [0.5, 0.6) is 0 Å². The Balaban J connectivity index is 2.04. The van der Waals surface area contributed by atoms with Crippen LogP contribution in [-0.2, 0) is 14.3 Å². The number of nitrogens with one attached hydrogen (secondary N) is 2. The largest absolute Gasteiger partial charge is 0.368 e. The van der Waals surface area contributed by atoms with E-state index in [1.165, 1.54) is 0 Å². The predicted octanol–water partition coefficient (Wildman–Crippen LogP) is -0.192. The standard InChI is InChI=1S/C10H18N2O3/c1-2-9(13)11-5-6-12-10(14)8-4-3-7-15-8/h8H,2-7H2,1H3,(H,11,13)(H,12,14). The molecule has 1 atom stereocenters. The first-order valence-corrected chi connectivity index (χ1v) is 5.40. The minimum atomic E-state index is -0.285. The Morgan fingerprint density at radius 3 is 2.67 bits per heavy atom. The zero-order valence-corrected chi connectivity index (χ0v) is 9.04. The van der Waals surface area contributed by atoms with E-state index in [4.69, 9.17) is 4.74 Å². The average molecular weight is 214 g/mol. The molecule has 15 heavy (non-hydrogen) atoms. The first-order chi connectivity index (χ1) is 7.24. The summed E-state index contributed by atoms with van der Waals surface area (Å²) in [6, 6.07) is 0. The van der Waals surface area contributed by atoms with Crippen molar-refractivity contribution in [3.05, 3.63) is 0 Å². The number of hydrogen-bond acceptors (Lipinski definition) is 3. The lowest BCUT2D eigenvalue weighted by atomic mass is 10.2. The average Bonchev–Trinajstić information content (AvgIpc) is 2.77. The summed E-state index contributed by atoms with van der Waals surface area (Å²) in [7, 11) is 0. The van der Waals surface area contributed by atoms with Crippen molar-refractivity contribution in [2.45, 2.75) is 32.3 Å². The second-order valence-electron chi connectivity index (χ2n) is 3.50. The minimum absolute atomic E-state index is 0.00126. The highest BCUT2D eigenvalue weighted by atomic mass is 16.5. The number of carbonyl (C=O) groups excluding carboxylic acids is 2. The van der Waals surface area contributed by atoms with E-state index < -0.39 is 0 Å². The molecule has 1 aliphatic rings. The van der Waals surface area contributed by atoms with Crippen molar-refractivity contribution >= 4 is 11.8 Å². The summed E-state index contributed by atoms with van der Waals surface area (Å²) >= 11 is 0. The highest BCUT2D eigenvalue weighted by molar-refractivity contribution is 5.81. The summed E-state index contributed by atoms with van der Waals surface area (Å²) in [4.78, 5) is 22.3. The SMILES string of the molecule is CCC(=O)NCCNC(=O)C1CCCO1. The van der Waals surface area contributed by atoms with Crippen LogP contribution in [0.4, 0.5) is 0 Å². The van der Waals surface area contributed by atoms with Gasteiger partial charge in [0.2, 0.25) is 11.8 Å². The zero-order valence-electron chi connectivity index (χ0n) is 9.04. The number of carbonyl (C=O) groups is 2. The number of rotatable bonds is 5. The van der Waals surface area contributed by atoms with Gasteiger partial charge in [0.05, 0.1) is 0 Å². The molecule has 0 bridgehead atoms. The maximum Gasteiger partial charge on any atom is 0.249 e. The molecule has 5 nitrogen and oxygen atoms in total. The van der Waals surface area contributed by atoms with Crippen molar-refractivity contribution in [3.63, 3.8) is 0 Å². The lowest BCUT2D eigenvalue weighted by Crippen LogP contribution is -2.39. The molecule has 1 rings (SSSR count). The molecular formula is C10H18N2O3. The third kappa shape index (κ3) is 4.29. The summed E-state index contributed by atoms with van der Waals surface area (Å²) in [5, 5.41) is 5.41. The molecule has 0 radical (unpaired) electrons. The van der Waals surface area contributed by atoms with Crippen molar-refractivity contribution < 1.29 is 14.3 Å². The summed E-state index contributed by atoms with van der Waals surface area (Å²) in [6.07, 6.45) is 1.93. The zero-order chi connectivity index (χ0) is 11.1. The Bertz CT molecular complexity index is 225. The fraction of sp³-hybridized carbons (Fsp3) is 0.800. The molecule has 86 valence electrons. The van der Waals surface area contributed by atoms with E-state index in [1.807, 2.05) is 0 Å². The molecule has 0 spiro atoms. The van der Waals surface area contributed by atoms with Gasteiger partial charge in [-0.2, -0.15) is 0 Å².